The predicted molar refractivity (Wildman–Crippen MR) is 100 cm³/mol. The fourth-order valence-corrected chi connectivity index (χ4v) is 3.08. The van der Waals surface area contributed by atoms with Gasteiger partial charge in [0, 0.05) is 13.0 Å². The Morgan fingerprint density at radius 1 is 1.19 bits per heavy atom. The zero-order valence-corrected chi connectivity index (χ0v) is 15.3. The number of fused-ring (bicyclic) bond motifs is 1. The summed E-state index contributed by atoms with van der Waals surface area (Å²) < 4.78 is 26.7. The van der Waals surface area contributed by atoms with Crippen molar-refractivity contribution in [2.24, 2.45) is 0 Å². The van der Waals surface area contributed by atoms with E-state index in [1.54, 1.807) is 37.2 Å². The number of likely N-dealkylation sites (N-methyl/N-ethyl adjacent to an activating group) is 1. The fraction of sp³-hybridized carbons (Fsp3) is 0.300. The number of hydrogen-bond donors (Lipinski definition) is 2. The highest BCUT2D eigenvalue weighted by atomic mass is 19.1. The molecule has 1 heterocycles. The summed E-state index contributed by atoms with van der Waals surface area (Å²) in [4.78, 5) is 21.8. The molecule has 1 aromatic heterocycles. The molecular formula is C20H22F2N4O. The first-order valence-corrected chi connectivity index (χ1v) is 8.78. The van der Waals surface area contributed by atoms with Crippen LogP contribution in [0, 0.1) is 11.6 Å². The average Bonchev–Trinajstić information content (AvgIpc) is 3.00. The van der Waals surface area contributed by atoms with E-state index in [1.165, 1.54) is 24.3 Å². The van der Waals surface area contributed by atoms with Gasteiger partial charge in [0.2, 0.25) is 5.91 Å². The maximum absolute atomic E-state index is 13.5. The molecule has 1 atom stereocenters. The van der Waals surface area contributed by atoms with E-state index in [9.17, 15) is 13.6 Å². The number of carbonyl (C=O) groups excluding carboxylic acids is 1. The van der Waals surface area contributed by atoms with Crippen LogP contribution in [-0.4, -0.2) is 41.4 Å². The Morgan fingerprint density at radius 3 is 2.70 bits per heavy atom. The number of nitrogens with one attached hydrogen (secondary N) is 2. The summed E-state index contributed by atoms with van der Waals surface area (Å²) in [6, 6.07) is 9.92. The van der Waals surface area contributed by atoms with Gasteiger partial charge in [-0.25, -0.2) is 13.8 Å². The normalized spacial score (nSPS) is 12.5. The zero-order valence-electron chi connectivity index (χ0n) is 15.3. The Morgan fingerprint density at radius 2 is 1.96 bits per heavy atom. The van der Waals surface area contributed by atoms with Gasteiger partial charge < -0.3 is 10.3 Å². The lowest BCUT2D eigenvalue weighted by Crippen LogP contribution is -2.37. The van der Waals surface area contributed by atoms with Crippen LogP contribution >= 0.6 is 0 Å². The molecule has 2 aromatic carbocycles. The van der Waals surface area contributed by atoms with E-state index < -0.39 is 6.04 Å². The van der Waals surface area contributed by atoms with Crippen LogP contribution in [0.3, 0.4) is 0 Å². The summed E-state index contributed by atoms with van der Waals surface area (Å²) in [6.45, 7) is 0.462. The Labute approximate surface area is 156 Å². The quantitative estimate of drug-likeness (QED) is 0.626. The number of aryl methyl sites for hydroxylation is 1. The lowest BCUT2D eigenvalue weighted by Gasteiger charge is -2.23. The molecule has 0 saturated heterocycles. The van der Waals surface area contributed by atoms with E-state index in [0.717, 1.165) is 5.82 Å². The zero-order chi connectivity index (χ0) is 19.4. The predicted octanol–water partition coefficient (Wildman–Crippen LogP) is 3.19. The number of amides is 1. The van der Waals surface area contributed by atoms with Crippen LogP contribution in [0.1, 0.15) is 23.9 Å². The number of halogens is 2. The van der Waals surface area contributed by atoms with Crippen molar-refractivity contribution < 1.29 is 13.6 Å². The van der Waals surface area contributed by atoms with Crippen molar-refractivity contribution in [2.75, 3.05) is 20.6 Å². The van der Waals surface area contributed by atoms with Crippen molar-refractivity contribution in [3.63, 3.8) is 0 Å². The summed E-state index contributed by atoms with van der Waals surface area (Å²) in [5.74, 6) is -0.109. The molecule has 0 spiro atoms. The number of carbonyl (C=O) groups is 1. The van der Waals surface area contributed by atoms with Crippen molar-refractivity contribution in [3.05, 3.63) is 65.5 Å². The first-order chi connectivity index (χ1) is 12.9. The number of H-pyrrole nitrogens is 1. The van der Waals surface area contributed by atoms with Crippen LogP contribution < -0.4 is 5.32 Å². The third-order valence-electron chi connectivity index (χ3n) is 4.31. The maximum atomic E-state index is 13.5. The molecule has 142 valence electrons. The second-order valence-corrected chi connectivity index (χ2v) is 6.66. The third kappa shape index (κ3) is 4.68. The van der Waals surface area contributed by atoms with Crippen molar-refractivity contribution in [2.45, 2.75) is 18.9 Å². The Bertz CT molecular complexity index is 939. The van der Waals surface area contributed by atoms with E-state index in [4.69, 9.17) is 0 Å². The van der Waals surface area contributed by atoms with Gasteiger partial charge in [-0.1, -0.05) is 12.1 Å². The number of nitrogens with zero attached hydrogens (tertiary/aromatic N) is 2. The van der Waals surface area contributed by atoms with Crippen LogP contribution in [0.4, 0.5) is 8.78 Å². The molecule has 0 saturated carbocycles. The Kier molecular flexibility index (Phi) is 5.81. The monoisotopic (exact) mass is 372 g/mol. The Hall–Kier alpha value is -2.80. The van der Waals surface area contributed by atoms with Gasteiger partial charge in [-0.2, -0.15) is 0 Å². The third-order valence-corrected chi connectivity index (χ3v) is 4.31. The van der Waals surface area contributed by atoms with Gasteiger partial charge >= 0.3 is 0 Å². The Balaban J connectivity index is 1.55. The molecule has 0 bridgehead atoms. The van der Waals surface area contributed by atoms with Crippen LogP contribution in [-0.2, 0) is 11.2 Å². The van der Waals surface area contributed by atoms with Crippen molar-refractivity contribution in [1.29, 1.82) is 0 Å². The second kappa shape index (κ2) is 8.26. The number of aromatic amines is 1. The summed E-state index contributed by atoms with van der Waals surface area (Å²) in [6.07, 6.45) is 1.31. The van der Waals surface area contributed by atoms with Gasteiger partial charge in [-0.05, 0) is 56.4 Å². The maximum Gasteiger partial charge on any atom is 0.241 e. The summed E-state index contributed by atoms with van der Waals surface area (Å²) in [5.41, 5.74) is 1.99. The number of aromatic nitrogens is 2. The van der Waals surface area contributed by atoms with Crippen LogP contribution in [0.15, 0.2) is 42.5 Å². The molecular weight excluding hydrogens is 350 g/mol. The van der Waals surface area contributed by atoms with Gasteiger partial charge in [-0.3, -0.25) is 9.69 Å². The first kappa shape index (κ1) is 19.0. The minimum atomic E-state index is -0.560. The lowest BCUT2D eigenvalue weighted by molar-refractivity contribution is -0.125. The lowest BCUT2D eigenvalue weighted by atomic mass is 10.0. The van der Waals surface area contributed by atoms with E-state index in [2.05, 4.69) is 15.3 Å². The van der Waals surface area contributed by atoms with E-state index in [1.807, 2.05) is 0 Å². The molecule has 0 aliphatic rings. The van der Waals surface area contributed by atoms with E-state index in [-0.39, 0.29) is 17.5 Å². The molecule has 2 N–H and O–H groups in total. The molecule has 27 heavy (non-hydrogen) atoms. The van der Waals surface area contributed by atoms with Crippen molar-refractivity contribution in [3.8, 4) is 0 Å². The SMILES string of the molecule is CN(C)C(C(=O)NCCCc1nc2ccc(F)cc2[nH]1)c1cccc(F)c1. The molecule has 3 rings (SSSR count). The average molecular weight is 372 g/mol. The molecule has 1 unspecified atom stereocenters. The smallest absolute Gasteiger partial charge is 0.241 e. The molecule has 7 heteroatoms. The highest BCUT2D eigenvalue weighted by Crippen LogP contribution is 2.19. The highest BCUT2D eigenvalue weighted by Gasteiger charge is 2.22. The van der Waals surface area contributed by atoms with Crippen LogP contribution in [0.5, 0.6) is 0 Å². The van der Waals surface area contributed by atoms with Gasteiger partial charge in [0.05, 0.1) is 11.0 Å². The van der Waals surface area contributed by atoms with Crippen molar-refractivity contribution >= 4 is 16.9 Å². The van der Waals surface area contributed by atoms with E-state index >= 15 is 0 Å². The standard InChI is InChI=1S/C20H22F2N4O/c1-26(2)19(13-5-3-6-14(21)11-13)20(27)23-10-4-7-18-24-16-9-8-15(22)12-17(16)25-18/h3,5-6,8-9,11-12,19H,4,7,10H2,1-2H3,(H,23,27)(H,24,25). The minimum Gasteiger partial charge on any atom is -0.354 e. The second-order valence-electron chi connectivity index (χ2n) is 6.66. The summed E-state index contributed by atoms with van der Waals surface area (Å²) >= 11 is 0. The molecule has 1 amide bonds. The van der Waals surface area contributed by atoms with Gasteiger partial charge in [0.1, 0.15) is 23.5 Å². The number of rotatable bonds is 7. The molecule has 0 fully saturated rings. The van der Waals surface area contributed by atoms with Crippen LogP contribution in [0.25, 0.3) is 11.0 Å². The highest BCUT2D eigenvalue weighted by molar-refractivity contribution is 5.83. The number of benzene rings is 2. The van der Waals surface area contributed by atoms with Gasteiger partial charge in [0.15, 0.2) is 0 Å². The largest absolute Gasteiger partial charge is 0.354 e. The van der Waals surface area contributed by atoms with Crippen molar-refractivity contribution in [1.82, 2.24) is 20.2 Å². The summed E-state index contributed by atoms with van der Waals surface area (Å²) in [5, 5.41) is 2.89. The van der Waals surface area contributed by atoms with Gasteiger partial charge in [0.25, 0.3) is 0 Å². The topological polar surface area (TPSA) is 61.0 Å². The molecule has 0 aliphatic carbocycles. The molecule has 3 aromatic rings. The summed E-state index contributed by atoms with van der Waals surface area (Å²) in [7, 11) is 3.56. The molecule has 0 radical (unpaired) electrons. The molecule has 0 aliphatic heterocycles. The van der Waals surface area contributed by atoms with E-state index in [0.29, 0.717) is 36.0 Å². The first-order valence-electron chi connectivity index (χ1n) is 8.78. The minimum absolute atomic E-state index is 0.183. The van der Waals surface area contributed by atoms with Gasteiger partial charge in [-0.15, -0.1) is 0 Å². The number of hydrogen-bond acceptors (Lipinski definition) is 3. The number of imidazole rings is 1. The van der Waals surface area contributed by atoms with Crippen LogP contribution in [0.2, 0.25) is 0 Å². The molecule has 5 nitrogen and oxygen atoms in total. The fourth-order valence-electron chi connectivity index (χ4n) is 3.08.